The van der Waals surface area contributed by atoms with Crippen molar-refractivity contribution in [3.63, 3.8) is 0 Å². The maximum atomic E-state index is 13.3. The summed E-state index contributed by atoms with van der Waals surface area (Å²) in [6.45, 7) is 3.50. The van der Waals surface area contributed by atoms with Gasteiger partial charge in [0.05, 0.1) is 28.7 Å². The smallest absolute Gasteiger partial charge is 0.316 e. The zero-order chi connectivity index (χ0) is 23.4. The first kappa shape index (κ1) is 23.9. The molecule has 172 valence electrons. The average Bonchev–Trinajstić information content (AvgIpc) is 3.02. The highest BCUT2D eigenvalue weighted by atomic mass is 32.2. The van der Waals surface area contributed by atoms with E-state index in [-0.39, 0.29) is 29.3 Å². The highest BCUT2D eigenvalue weighted by Crippen LogP contribution is 2.44. The van der Waals surface area contributed by atoms with E-state index in [9.17, 15) is 39.6 Å². The molecule has 0 aliphatic carbocycles. The number of hydrogen-bond acceptors (Lipinski definition) is 4. The van der Waals surface area contributed by atoms with Crippen LogP contribution in [0.15, 0.2) is 23.2 Å². The summed E-state index contributed by atoms with van der Waals surface area (Å²) in [4.78, 5) is 17.1. The van der Waals surface area contributed by atoms with Crippen LogP contribution >= 0.6 is 11.8 Å². The number of alkyl halides is 6. The molecule has 3 rings (SSSR count). The lowest BCUT2D eigenvalue weighted by atomic mass is 10.1. The molecule has 0 saturated carbocycles. The second-order valence-electron chi connectivity index (χ2n) is 7.82. The molecule has 0 N–H and O–H groups in total. The Morgan fingerprint density at radius 2 is 1.65 bits per heavy atom. The molecular formula is C18H18F6N2O3S2. The van der Waals surface area contributed by atoms with Crippen LogP contribution in [-0.4, -0.2) is 42.3 Å². The monoisotopic (exact) mass is 488 g/mol. The lowest BCUT2D eigenvalue weighted by molar-refractivity contribution is -0.143. The Bertz CT molecular complexity index is 986. The maximum Gasteiger partial charge on any atom is 0.416 e. The number of anilines is 1. The SMILES string of the molecule is CC(C)CC(=O)N=C1S[C@H]2CS(=O)(=O)C[C@@H]2N1c1cc(C(F)(F)F)cc(C(F)(F)F)c1. The molecule has 1 aromatic rings. The lowest BCUT2D eigenvalue weighted by Crippen LogP contribution is -2.38. The van der Waals surface area contributed by atoms with E-state index in [0.29, 0.717) is 12.1 Å². The van der Waals surface area contributed by atoms with Gasteiger partial charge in [0, 0.05) is 17.4 Å². The highest BCUT2D eigenvalue weighted by Gasteiger charge is 2.50. The van der Waals surface area contributed by atoms with Crippen molar-refractivity contribution < 1.29 is 39.6 Å². The van der Waals surface area contributed by atoms with Gasteiger partial charge in [0.15, 0.2) is 15.0 Å². The summed E-state index contributed by atoms with van der Waals surface area (Å²) < 4.78 is 104. The first-order chi connectivity index (χ1) is 14.1. The molecule has 2 aliphatic rings. The number of carbonyl (C=O) groups excluding carboxylic acids is 1. The number of benzene rings is 1. The number of nitrogens with zero attached hydrogens (tertiary/aromatic N) is 2. The van der Waals surface area contributed by atoms with Gasteiger partial charge in [0.25, 0.3) is 0 Å². The average molecular weight is 488 g/mol. The third-order valence-electron chi connectivity index (χ3n) is 4.72. The number of rotatable bonds is 3. The van der Waals surface area contributed by atoms with Gasteiger partial charge in [-0.05, 0) is 24.1 Å². The Morgan fingerprint density at radius 1 is 1.10 bits per heavy atom. The molecule has 0 aromatic heterocycles. The molecule has 2 atom stereocenters. The summed E-state index contributed by atoms with van der Waals surface area (Å²) in [5.41, 5.74) is -3.56. The Labute approximate surface area is 178 Å². The van der Waals surface area contributed by atoms with Crippen LogP contribution in [0, 0.1) is 5.92 Å². The molecule has 0 spiro atoms. The minimum absolute atomic E-state index is 0.00365. The molecule has 31 heavy (non-hydrogen) atoms. The molecule has 1 amide bonds. The van der Waals surface area contributed by atoms with Crippen LogP contribution in [0.1, 0.15) is 31.4 Å². The summed E-state index contributed by atoms with van der Waals surface area (Å²) in [7, 11) is -3.54. The fourth-order valence-corrected chi connectivity index (χ4v) is 7.38. The zero-order valence-electron chi connectivity index (χ0n) is 16.3. The van der Waals surface area contributed by atoms with Gasteiger partial charge in [0.2, 0.25) is 5.91 Å². The molecular weight excluding hydrogens is 470 g/mol. The number of thioether (sulfide) groups is 1. The standard InChI is InChI=1S/C18H18F6N2O3S2/c1-9(2)3-15(27)25-16-26(13-7-31(28,29)8-14(13)30-16)12-5-10(17(19,20)21)4-11(6-12)18(22,23)24/h4-6,9,13-14H,3,7-8H2,1-2H3/t13-,14-/m0/s1. The minimum atomic E-state index is -5.06. The van der Waals surface area contributed by atoms with Gasteiger partial charge in [0.1, 0.15) is 0 Å². The number of hydrogen-bond donors (Lipinski definition) is 0. The first-order valence-electron chi connectivity index (χ1n) is 9.14. The summed E-state index contributed by atoms with van der Waals surface area (Å²) in [5, 5.41) is -0.748. The quantitative estimate of drug-likeness (QED) is 0.592. The molecule has 5 nitrogen and oxygen atoms in total. The van der Waals surface area contributed by atoms with Gasteiger partial charge >= 0.3 is 12.4 Å². The van der Waals surface area contributed by atoms with Crippen LogP contribution in [0.4, 0.5) is 32.0 Å². The molecule has 13 heteroatoms. The fourth-order valence-electron chi connectivity index (χ4n) is 3.45. The molecule has 0 unspecified atom stereocenters. The number of amides is 1. The largest absolute Gasteiger partial charge is 0.416 e. The zero-order valence-corrected chi connectivity index (χ0v) is 17.9. The summed E-state index contributed by atoms with van der Waals surface area (Å²) in [5.74, 6) is -1.42. The van der Waals surface area contributed by atoms with Crippen LogP contribution in [0.25, 0.3) is 0 Å². The molecule has 1 aromatic carbocycles. The van der Waals surface area contributed by atoms with E-state index in [4.69, 9.17) is 0 Å². The number of carbonyl (C=O) groups is 1. The van der Waals surface area contributed by atoms with E-state index in [1.165, 1.54) is 0 Å². The first-order valence-corrected chi connectivity index (χ1v) is 11.8. The Balaban J connectivity index is 2.15. The Hall–Kier alpha value is -1.76. The van der Waals surface area contributed by atoms with Crippen molar-refractivity contribution in [1.82, 2.24) is 0 Å². The molecule has 2 fully saturated rings. The predicted molar refractivity (Wildman–Crippen MR) is 105 cm³/mol. The Kier molecular flexibility index (Phi) is 6.15. The number of halogens is 6. The molecule has 2 saturated heterocycles. The predicted octanol–water partition coefficient (Wildman–Crippen LogP) is 4.37. The number of aliphatic imine (C=N–C) groups is 1. The summed E-state index contributed by atoms with van der Waals surface area (Å²) in [6.07, 6.45) is -10.1. The van der Waals surface area contributed by atoms with E-state index in [1.807, 2.05) is 0 Å². The summed E-state index contributed by atoms with van der Waals surface area (Å²) >= 11 is 0.882. The third-order valence-corrected chi connectivity index (χ3v) is 7.93. The highest BCUT2D eigenvalue weighted by molar-refractivity contribution is 8.16. The minimum Gasteiger partial charge on any atom is -0.316 e. The van der Waals surface area contributed by atoms with Gasteiger partial charge in [-0.1, -0.05) is 25.6 Å². The van der Waals surface area contributed by atoms with Crippen LogP contribution in [0.5, 0.6) is 0 Å². The van der Waals surface area contributed by atoms with Crippen LogP contribution in [0.2, 0.25) is 0 Å². The summed E-state index contributed by atoms with van der Waals surface area (Å²) in [6, 6.07) is 0.109. The van der Waals surface area contributed by atoms with Gasteiger partial charge in [-0.2, -0.15) is 31.3 Å². The van der Waals surface area contributed by atoms with E-state index in [0.717, 1.165) is 16.7 Å². The topological polar surface area (TPSA) is 66.8 Å². The second kappa shape index (κ2) is 7.98. The normalized spacial score (nSPS) is 24.8. The van der Waals surface area contributed by atoms with Crippen molar-refractivity contribution in [3.8, 4) is 0 Å². The maximum absolute atomic E-state index is 13.3. The number of fused-ring (bicyclic) bond motifs is 1. The van der Waals surface area contributed by atoms with Crippen molar-refractivity contribution in [3.05, 3.63) is 29.3 Å². The number of amidine groups is 1. The molecule has 2 aliphatic heterocycles. The van der Waals surface area contributed by atoms with Gasteiger partial charge in [-0.25, -0.2) is 8.42 Å². The van der Waals surface area contributed by atoms with Gasteiger partial charge in [-0.15, -0.1) is 0 Å². The van der Waals surface area contributed by atoms with Crippen molar-refractivity contribution in [2.75, 3.05) is 16.4 Å². The van der Waals surface area contributed by atoms with Gasteiger partial charge in [-0.3, -0.25) is 4.79 Å². The van der Waals surface area contributed by atoms with Crippen molar-refractivity contribution in [2.45, 2.75) is 43.9 Å². The molecule has 0 radical (unpaired) electrons. The second-order valence-corrected chi connectivity index (χ2v) is 11.2. The Morgan fingerprint density at radius 3 is 2.13 bits per heavy atom. The van der Waals surface area contributed by atoms with Crippen LogP contribution < -0.4 is 4.90 Å². The fraction of sp³-hybridized carbons (Fsp3) is 0.556. The van der Waals surface area contributed by atoms with Crippen molar-refractivity contribution in [2.24, 2.45) is 10.9 Å². The van der Waals surface area contributed by atoms with Crippen LogP contribution in [0.3, 0.4) is 0 Å². The van der Waals surface area contributed by atoms with Crippen molar-refractivity contribution >= 4 is 38.4 Å². The van der Waals surface area contributed by atoms with Gasteiger partial charge < -0.3 is 4.90 Å². The lowest BCUT2D eigenvalue weighted by Gasteiger charge is -2.26. The van der Waals surface area contributed by atoms with E-state index < -0.39 is 62.0 Å². The van der Waals surface area contributed by atoms with E-state index >= 15 is 0 Å². The molecule has 0 bridgehead atoms. The number of sulfone groups is 1. The van der Waals surface area contributed by atoms with E-state index in [2.05, 4.69) is 4.99 Å². The van der Waals surface area contributed by atoms with Crippen molar-refractivity contribution in [1.29, 1.82) is 0 Å². The van der Waals surface area contributed by atoms with Crippen LogP contribution in [-0.2, 0) is 27.0 Å². The molecule has 2 heterocycles. The van der Waals surface area contributed by atoms with E-state index in [1.54, 1.807) is 13.8 Å². The third kappa shape index (κ3) is 5.36.